The standard InChI is InChI=1S/C15H13Cl3N2O/c1-9-4-2-3-5-13(9)19-8-15(21)20-14-7-11(17)10(16)6-12(14)18/h2-7,19H,8H2,1H3,(H,20,21). The Balaban J connectivity index is 1.99. The van der Waals surface area contributed by atoms with Gasteiger partial charge in [-0.15, -0.1) is 0 Å². The Morgan fingerprint density at radius 3 is 2.38 bits per heavy atom. The Labute approximate surface area is 138 Å². The van der Waals surface area contributed by atoms with Gasteiger partial charge in [-0.1, -0.05) is 53.0 Å². The van der Waals surface area contributed by atoms with Crippen molar-refractivity contribution in [2.45, 2.75) is 6.92 Å². The third kappa shape index (κ3) is 4.27. The molecule has 0 bridgehead atoms. The molecular formula is C15H13Cl3N2O. The van der Waals surface area contributed by atoms with E-state index in [1.54, 1.807) is 0 Å². The molecule has 2 rings (SSSR count). The fourth-order valence-corrected chi connectivity index (χ4v) is 2.35. The highest BCUT2D eigenvalue weighted by Gasteiger charge is 2.09. The summed E-state index contributed by atoms with van der Waals surface area (Å²) in [6.07, 6.45) is 0. The van der Waals surface area contributed by atoms with E-state index in [1.165, 1.54) is 12.1 Å². The van der Waals surface area contributed by atoms with Crippen LogP contribution in [0.5, 0.6) is 0 Å². The molecule has 0 saturated heterocycles. The van der Waals surface area contributed by atoms with Crippen LogP contribution in [0, 0.1) is 6.92 Å². The van der Waals surface area contributed by atoms with E-state index in [2.05, 4.69) is 10.6 Å². The Bertz CT molecular complexity index is 674. The zero-order chi connectivity index (χ0) is 15.4. The van der Waals surface area contributed by atoms with E-state index in [0.717, 1.165) is 11.3 Å². The molecule has 110 valence electrons. The molecule has 0 fully saturated rings. The van der Waals surface area contributed by atoms with Crippen LogP contribution in [0.3, 0.4) is 0 Å². The van der Waals surface area contributed by atoms with Crippen LogP contribution >= 0.6 is 34.8 Å². The predicted molar refractivity (Wildman–Crippen MR) is 89.8 cm³/mol. The molecule has 2 aromatic carbocycles. The van der Waals surface area contributed by atoms with Crippen LogP contribution in [0.2, 0.25) is 15.1 Å². The normalized spacial score (nSPS) is 10.3. The number of benzene rings is 2. The summed E-state index contributed by atoms with van der Waals surface area (Å²) in [6.45, 7) is 2.09. The minimum Gasteiger partial charge on any atom is -0.376 e. The minimum atomic E-state index is -0.224. The van der Waals surface area contributed by atoms with E-state index in [0.29, 0.717) is 20.8 Å². The average Bonchev–Trinajstić information content (AvgIpc) is 2.44. The highest BCUT2D eigenvalue weighted by Crippen LogP contribution is 2.32. The van der Waals surface area contributed by atoms with Crippen LogP contribution in [0.25, 0.3) is 0 Å². The van der Waals surface area contributed by atoms with Gasteiger partial charge in [0.2, 0.25) is 5.91 Å². The maximum Gasteiger partial charge on any atom is 0.243 e. The third-order valence-corrected chi connectivity index (χ3v) is 3.90. The molecular weight excluding hydrogens is 331 g/mol. The van der Waals surface area contributed by atoms with Gasteiger partial charge in [0.05, 0.1) is 27.3 Å². The zero-order valence-corrected chi connectivity index (χ0v) is 13.5. The second-order valence-electron chi connectivity index (χ2n) is 4.46. The summed E-state index contributed by atoms with van der Waals surface area (Å²) in [4.78, 5) is 11.9. The van der Waals surface area contributed by atoms with Gasteiger partial charge in [-0.3, -0.25) is 4.79 Å². The number of nitrogens with one attached hydrogen (secondary N) is 2. The van der Waals surface area contributed by atoms with Gasteiger partial charge < -0.3 is 10.6 Å². The molecule has 0 aromatic heterocycles. The van der Waals surface area contributed by atoms with E-state index >= 15 is 0 Å². The highest BCUT2D eigenvalue weighted by atomic mass is 35.5. The van der Waals surface area contributed by atoms with Crippen LogP contribution in [0.1, 0.15) is 5.56 Å². The lowest BCUT2D eigenvalue weighted by molar-refractivity contribution is -0.114. The fourth-order valence-electron chi connectivity index (χ4n) is 1.76. The van der Waals surface area contributed by atoms with Crippen molar-refractivity contribution in [3.8, 4) is 0 Å². The molecule has 0 unspecified atom stereocenters. The van der Waals surface area contributed by atoms with Crippen molar-refractivity contribution in [2.24, 2.45) is 0 Å². The lowest BCUT2D eigenvalue weighted by Gasteiger charge is -2.11. The number of anilines is 2. The summed E-state index contributed by atoms with van der Waals surface area (Å²) in [7, 11) is 0. The monoisotopic (exact) mass is 342 g/mol. The number of halogens is 3. The molecule has 0 radical (unpaired) electrons. The molecule has 2 N–H and O–H groups in total. The molecule has 3 nitrogen and oxygen atoms in total. The number of rotatable bonds is 4. The van der Waals surface area contributed by atoms with Gasteiger partial charge in [-0.05, 0) is 30.7 Å². The lowest BCUT2D eigenvalue weighted by Crippen LogP contribution is -2.22. The lowest BCUT2D eigenvalue weighted by atomic mass is 10.2. The summed E-state index contributed by atoms with van der Waals surface area (Å²) >= 11 is 17.8. The smallest absolute Gasteiger partial charge is 0.243 e. The average molecular weight is 344 g/mol. The molecule has 0 atom stereocenters. The Morgan fingerprint density at radius 2 is 1.67 bits per heavy atom. The molecule has 0 heterocycles. The maximum atomic E-state index is 11.9. The molecule has 0 aliphatic heterocycles. The van der Waals surface area contributed by atoms with Gasteiger partial charge in [0.25, 0.3) is 0 Å². The van der Waals surface area contributed by atoms with Gasteiger partial charge in [0, 0.05) is 5.69 Å². The molecule has 0 spiro atoms. The molecule has 21 heavy (non-hydrogen) atoms. The van der Waals surface area contributed by atoms with Gasteiger partial charge in [-0.2, -0.15) is 0 Å². The minimum absolute atomic E-state index is 0.126. The van der Waals surface area contributed by atoms with Crippen molar-refractivity contribution in [1.82, 2.24) is 0 Å². The molecule has 1 amide bonds. The van der Waals surface area contributed by atoms with E-state index < -0.39 is 0 Å². The summed E-state index contributed by atoms with van der Waals surface area (Å²) < 4.78 is 0. The number of aryl methyl sites for hydroxylation is 1. The molecule has 0 aliphatic carbocycles. The first kappa shape index (κ1) is 16.0. The zero-order valence-electron chi connectivity index (χ0n) is 11.2. The number of carbonyl (C=O) groups excluding carboxylic acids is 1. The van der Waals surface area contributed by atoms with Crippen molar-refractivity contribution in [2.75, 3.05) is 17.2 Å². The Kier molecular flexibility index (Phi) is 5.34. The van der Waals surface area contributed by atoms with Gasteiger partial charge in [0.1, 0.15) is 0 Å². The number of hydrogen-bond acceptors (Lipinski definition) is 2. The van der Waals surface area contributed by atoms with Gasteiger partial charge >= 0.3 is 0 Å². The molecule has 0 aliphatic rings. The largest absolute Gasteiger partial charge is 0.376 e. The molecule has 0 saturated carbocycles. The molecule has 2 aromatic rings. The third-order valence-electron chi connectivity index (χ3n) is 2.87. The summed E-state index contributed by atoms with van der Waals surface area (Å²) in [5.41, 5.74) is 2.41. The van der Waals surface area contributed by atoms with Crippen LogP contribution in [-0.4, -0.2) is 12.5 Å². The summed E-state index contributed by atoms with van der Waals surface area (Å²) in [6, 6.07) is 10.7. The van der Waals surface area contributed by atoms with Crippen LogP contribution < -0.4 is 10.6 Å². The SMILES string of the molecule is Cc1ccccc1NCC(=O)Nc1cc(Cl)c(Cl)cc1Cl. The fraction of sp³-hybridized carbons (Fsp3) is 0.133. The number of para-hydroxylation sites is 1. The predicted octanol–water partition coefficient (Wildman–Crippen LogP) is 5.01. The molecule has 6 heteroatoms. The highest BCUT2D eigenvalue weighted by molar-refractivity contribution is 6.44. The summed E-state index contributed by atoms with van der Waals surface area (Å²) in [5.74, 6) is -0.224. The second-order valence-corrected chi connectivity index (χ2v) is 5.68. The van der Waals surface area contributed by atoms with Gasteiger partial charge in [-0.25, -0.2) is 0 Å². The van der Waals surface area contributed by atoms with Crippen molar-refractivity contribution in [3.63, 3.8) is 0 Å². The first-order valence-corrected chi connectivity index (χ1v) is 7.34. The van der Waals surface area contributed by atoms with Gasteiger partial charge in [0.15, 0.2) is 0 Å². The van der Waals surface area contributed by atoms with E-state index in [-0.39, 0.29) is 12.5 Å². The number of hydrogen-bond donors (Lipinski definition) is 2. The van der Waals surface area contributed by atoms with Crippen LogP contribution in [0.15, 0.2) is 36.4 Å². The number of amides is 1. The van der Waals surface area contributed by atoms with Crippen molar-refractivity contribution in [3.05, 3.63) is 57.0 Å². The van der Waals surface area contributed by atoms with E-state index in [4.69, 9.17) is 34.8 Å². The van der Waals surface area contributed by atoms with Crippen molar-refractivity contribution < 1.29 is 4.79 Å². The topological polar surface area (TPSA) is 41.1 Å². The van der Waals surface area contributed by atoms with E-state index in [9.17, 15) is 4.79 Å². The number of carbonyl (C=O) groups is 1. The van der Waals surface area contributed by atoms with Crippen molar-refractivity contribution >= 4 is 52.1 Å². The van der Waals surface area contributed by atoms with Crippen LogP contribution in [-0.2, 0) is 4.79 Å². The first-order valence-electron chi connectivity index (χ1n) is 6.21. The first-order chi connectivity index (χ1) is 9.97. The Morgan fingerprint density at radius 1 is 1.00 bits per heavy atom. The quantitative estimate of drug-likeness (QED) is 0.766. The maximum absolute atomic E-state index is 11.9. The summed E-state index contributed by atoms with van der Waals surface area (Å²) in [5, 5.41) is 6.78. The second kappa shape index (κ2) is 7.03. The van der Waals surface area contributed by atoms with Crippen molar-refractivity contribution in [1.29, 1.82) is 0 Å². The Hall–Kier alpha value is -1.42. The van der Waals surface area contributed by atoms with E-state index in [1.807, 2.05) is 31.2 Å². The van der Waals surface area contributed by atoms with Crippen LogP contribution in [0.4, 0.5) is 11.4 Å².